The number of carbonyl (C=O) groups is 2. The summed E-state index contributed by atoms with van der Waals surface area (Å²) in [6.07, 6.45) is -0.331. The Morgan fingerprint density at radius 2 is 1.76 bits per heavy atom. The first kappa shape index (κ1) is 28.0. The second-order valence-corrected chi connectivity index (χ2v) is 11.4. The number of alkyl halides is 3. The number of anilines is 1. The summed E-state index contributed by atoms with van der Waals surface area (Å²) >= 11 is 0. The van der Waals surface area contributed by atoms with Crippen molar-refractivity contribution in [1.29, 1.82) is 0 Å². The molecule has 0 bridgehead atoms. The summed E-state index contributed by atoms with van der Waals surface area (Å²) in [5.41, 5.74) is -1.28. The third-order valence-corrected chi connectivity index (χ3v) is 7.36. The van der Waals surface area contributed by atoms with Crippen molar-refractivity contribution in [2.75, 3.05) is 25.1 Å². The minimum atomic E-state index is -4.63. The molecule has 0 N–H and O–H groups in total. The molecule has 38 heavy (non-hydrogen) atoms. The second kappa shape index (κ2) is 10.3. The molecule has 2 aromatic rings. The molecule has 4 unspecified atom stereocenters. The van der Waals surface area contributed by atoms with Crippen LogP contribution in [0, 0.1) is 5.92 Å². The largest absolute Gasteiger partial charge is 0.469 e. The number of aromatic nitrogens is 3. The quantitative estimate of drug-likeness (QED) is 0.496. The summed E-state index contributed by atoms with van der Waals surface area (Å²) in [5.74, 6) is -0.526. The zero-order chi connectivity index (χ0) is 28.0. The van der Waals surface area contributed by atoms with Gasteiger partial charge in [0.15, 0.2) is 0 Å². The van der Waals surface area contributed by atoms with E-state index in [2.05, 4.69) is 9.97 Å². The molecule has 2 aromatic heterocycles. The molecule has 3 heterocycles. The van der Waals surface area contributed by atoms with Crippen LogP contribution in [-0.4, -0.2) is 69.4 Å². The Balaban J connectivity index is 1.72. The number of hydrogen-bond acceptors (Lipinski definition) is 7. The van der Waals surface area contributed by atoms with Crippen molar-refractivity contribution in [3.63, 3.8) is 0 Å². The lowest BCUT2D eigenvalue weighted by Crippen LogP contribution is -2.59. The first-order chi connectivity index (χ1) is 17.7. The summed E-state index contributed by atoms with van der Waals surface area (Å²) in [4.78, 5) is 37.0. The number of rotatable bonds is 3. The van der Waals surface area contributed by atoms with E-state index < -0.39 is 23.4 Å². The molecule has 9 nitrogen and oxygen atoms in total. The second-order valence-electron chi connectivity index (χ2n) is 11.4. The molecule has 2 aliphatic rings. The lowest BCUT2D eigenvalue weighted by Gasteiger charge is -2.44. The summed E-state index contributed by atoms with van der Waals surface area (Å²) in [6, 6.07) is -0.962. The van der Waals surface area contributed by atoms with E-state index in [9.17, 15) is 22.8 Å². The van der Waals surface area contributed by atoms with Crippen LogP contribution in [0.5, 0.6) is 0 Å². The number of esters is 1. The van der Waals surface area contributed by atoms with Gasteiger partial charge in [0.2, 0.25) is 0 Å². The Morgan fingerprint density at radius 1 is 1.05 bits per heavy atom. The molecule has 1 saturated carbocycles. The minimum absolute atomic E-state index is 0.0649. The average Bonchev–Trinajstić information content (AvgIpc) is 3.24. The third-order valence-electron chi connectivity index (χ3n) is 7.36. The SMILES string of the molecule is COC(=O)C1CCCC(n2cc(C(F)(F)F)c3c(N4CC(C)N(C(=O)OC(C)(C)C)CC4C)ncnc32)C1. The maximum absolute atomic E-state index is 14.4. The lowest BCUT2D eigenvalue weighted by molar-refractivity contribution is -0.147. The van der Waals surface area contributed by atoms with E-state index in [1.165, 1.54) is 13.4 Å². The van der Waals surface area contributed by atoms with Crippen LogP contribution in [0.3, 0.4) is 0 Å². The van der Waals surface area contributed by atoms with Crippen LogP contribution < -0.4 is 4.90 Å². The highest BCUT2D eigenvalue weighted by Crippen LogP contribution is 2.43. The maximum atomic E-state index is 14.4. The van der Waals surface area contributed by atoms with Crippen molar-refractivity contribution < 1.29 is 32.2 Å². The van der Waals surface area contributed by atoms with Crippen molar-refractivity contribution in [3.05, 3.63) is 18.1 Å². The predicted octanol–water partition coefficient (Wildman–Crippen LogP) is 5.19. The van der Waals surface area contributed by atoms with Crippen molar-refractivity contribution >= 4 is 28.9 Å². The molecular weight excluding hydrogens is 503 g/mol. The predicted molar refractivity (Wildman–Crippen MR) is 135 cm³/mol. The first-order valence-electron chi connectivity index (χ1n) is 13.0. The molecule has 1 aliphatic heterocycles. The molecule has 0 aromatic carbocycles. The van der Waals surface area contributed by atoms with E-state index in [4.69, 9.17) is 9.47 Å². The summed E-state index contributed by atoms with van der Waals surface area (Å²) in [7, 11) is 1.32. The monoisotopic (exact) mass is 539 g/mol. The molecule has 4 atom stereocenters. The molecule has 1 aliphatic carbocycles. The number of methoxy groups -OCH3 is 1. The molecular formula is C26H36F3N5O4. The molecule has 12 heteroatoms. The van der Waals surface area contributed by atoms with E-state index in [1.54, 1.807) is 30.2 Å². The zero-order valence-corrected chi connectivity index (χ0v) is 22.7. The van der Waals surface area contributed by atoms with E-state index in [0.717, 1.165) is 6.20 Å². The number of piperazine rings is 1. The first-order valence-corrected chi connectivity index (χ1v) is 13.0. The van der Waals surface area contributed by atoms with E-state index in [-0.39, 0.29) is 60.0 Å². The Kier molecular flexibility index (Phi) is 7.55. The van der Waals surface area contributed by atoms with Crippen LogP contribution >= 0.6 is 0 Å². The molecule has 210 valence electrons. The van der Waals surface area contributed by atoms with Crippen LogP contribution in [0.1, 0.15) is 71.9 Å². The van der Waals surface area contributed by atoms with Crippen LogP contribution in [0.2, 0.25) is 0 Å². The van der Waals surface area contributed by atoms with Crippen LogP contribution in [0.15, 0.2) is 12.5 Å². The van der Waals surface area contributed by atoms with Gasteiger partial charge in [-0.05, 0) is 53.9 Å². The van der Waals surface area contributed by atoms with Crippen LogP contribution in [0.4, 0.5) is 23.8 Å². The van der Waals surface area contributed by atoms with Crippen molar-refractivity contribution in [1.82, 2.24) is 19.4 Å². The molecule has 2 fully saturated rings. The molecule has 4 rings (SSSR count). The number of carbonyl (C=O) groups excluding carboxylic acids is 2. The number of halogens is 3. The smallest absolute Gasteiger partial charge is 0.418 e. The summed E-state index contributed by atoms with van der Waals surface area (Å²) in [5, 5.41) is -0.0649. The maximum Gasteiger partial charge on any atom is 0.418 e. The zero-order valence-electron chi connectivity index (χ0n) is 22.7. The Hall–Kier alpha value is -3.05. The fourth-order valence-electron chi connectivity index (χ4n) is 5.57. The Labute approximate surface area is 220 Å². The van der Waals surface area contributed by atoms with Gasteiger partial charge in [0, 0.05) is 37.4 Å². The van der Waals surface area contributed by atoms with Gasteiger partial charge < -0.3 is 23.8 Å². The van der Waals surface area contributed by atoms with Crippen molar-refractivity contribution in [3.8, 4) is 0 Å². The van der Waals surface area contributed by atoms with Gasteiger partial charge in [-0.25, -0.2) is 14.8 Å². The molecule has 0 spiro atoms. The van der Waals surface area contributed by atoms with E-state index in [1.807, 2.05) is 18.7 Å². The summed E-state index contributed by atoms with van der Waals surface area (Å²) < 4.78 is 55.1. The number of fused-ring (bicyclic) bond motifs is 1. The molecule has 1 saturated heterocycles. The lowest BCUT2D eigenvalue weighted by atomic mass is 9.85. The number of amides is 1. The van der Waals surface area contributed by atoms with Crippen LogP contribution in [0.25, 0.3) is 11.0 Å². The highest BCUT2D eigenvalue weighted by atomic mass is 19.4. The fourth-order valence-corrected chi connectivity index (χ4v) is 5.57. The average molecular weight is 540 g/mol. The molecule has 0 radical (unpaired) electrons. The van der Waals surface area contributed by atoms with E-state index in [0.29, 0.717) is 25.7 Å². The van der Waals surface area contributed by atoms with Gasteiger partial charge in [-0.1, -0.05) is 6.42 Å². The highest BCUT2D eigenvalue weighted by Gasteiger charge is 2.41. The van der Waals surface area contributed by atoms with Gasteiger partial charge in [-0.3, -0.25) is 4.79 Å². The van der Waals surface area contributed by atoms with Gasteiger partial charge >= 0.3 is 18.2 Å². The standard InChI is InChI=1S/C26H36F3N5O4/c1-15-12-33(24(36)38-25(3,4)5)16(2)11-32(15)21-20-19(26(27,28)29)13-34(22(20)31-14-30-21)18-9-7-8-17(10-18)23(35)37-6/h13-18H,7-12H2,1-6H3. The van der Waals surface area contributed by atoms with Crippen molar-refractivity contribution in [2.45, 2.75) is 90.2 Å². The highest BCUT2D eigenvalue weighted by molar-refractivity contribution is 5.92. The van der Waals surface area contributed by atoms with E-state index >= 15 is 0 Å². The number of hydrogen-bond donors (Lipinski definition) is 0. The van der Waals surface area contributed by atoms with Gasteiger partial charge in [-0.2, -0.15) is 13.2 Å². The number of ether oxygens (including phenoxy) is 2. The molecule has 1 amide bonds. The van der Waals surface area contributed by atoms with Gasteiger partial charge in [0.05, 0.1) is 24.0 Å². The summed E-state index contributed by atoms with van der Waals surface area (Å²) in [6.45, 7) is 9.60. The fraction of sp³-hybridized carbons (Fsp3) is 0.692. The van der Waals surface area contributed by atoms with Crippen molar-refractivity contribution in [2.24, 2.45) is 5.92 Å². The van der Waals surface area contributed by atoms with Crippen LogP contribution in [-0.2, 0) is 20.4 Å². The normalized spacial score (nSPS) is 25.0. The topological polar surface area (TPSA) is 89.8 Å². The van der Waals surface area contributed by atoms with Gasteiger partial charge in [0.25, 0.3) is 0 Å². The minimum Gasteiger partial charge on any atom is -0.469 e. The van der Waals surface area contributed by atoms with Gasteiger partial charge in [0.1, 0.15) is 23.4 Å². The third kappa shape index (κ3) is 5.54. The van der Waals surface area contributed by atoms with Gasteiger partial charge in [-0.15, -0.1) is 0 Å². The number of nitrogens with zero attached hydrogens (tertiary/aromatic N) is 5. The Bertz CT molecular complexity index is 1190. The Morgan fingerprint density at radius 3 is 2.39 bits per heavy atom.